The number of carbonyl (C=O) groups excluding carboxylic acids is 1. The number of carbonyl (C=O) groups is 1. The largest absolute Gasteiger partial charge is 0.370 e. The monoisotopic (exact) mass is 364 g/mol. The van der Waals surface area contributed by atoms with Gasteiger partial charge in [-0.2, -0.15) is 0 Å². The number of fused-ring (bicyclic) bond motifs is 1. The summed E-state index contributed by atoms with van der Waals surface area (Å²) in [7, 11) is 0. The molecule has 1 aromatic carbocycles. The molecule has 2 amide bonds. The van der Waals surface area contributed by atoms with Gasteiger partial charge in [0.05, 0.1) is 16.9 Å². The fourth-order valence-electron chi connectivity index (χ4n) is 3.59. The number of aromatic nitrogens is 1. The fraction of sp³-hybridized carbons (Fsp3) is 0.350. The van der Waals surface area contributed by atoms with E-state index in [0.717, 1.165) is 54.8 Å². The van der Waals surface area contributed by atoms with Gasteiger partial charge in [-0.25, -0.2) is 4.79 Å². The van der Waals surface area contributed by atoms with E-state index in [2.05, 4.69) is 26.3 Å². The van der Waals surface area contributed by atoms with Gasteiger partial charge in [-0.1, -0.05) is 6.07 Å². The van der Waals surface area contributed by atoms with E-state index in [9.17, 15) is 4.79 Å². The lowest BCUT2D eigenvalue weighted by Gasteiger charge is -2.34. The molecule has 0 spiro atoms. The van der Waals surface area contributed by atoms with Gasteiger partial charge in [0.2, 0.25) is 0 Å². The predicted octanol–water partition coefficient (Wildman–Crippen LogP) is 2.80. The number of hydrogen-bond acceptors (Lipinski definition) is 5. The molecule has 27 heavy (non-hydrogen) atoms. The normalized spacial score (nSPS) is 17.5. The van der Waals surface area contributed by atoms with Crippen LogP contribution in [-0.2, 0) is 0 Å². The van der Waals surface area contributed by atoms with Crippen molar-refractivity contribution in [3.63, 3.8) is 0 Å². The highest BCUT2D eigenvalue weighted by Crippen LogP contribution is 2.33. The van der Waals surface area contributed by atoms with Crippen molar-refractivity contribution in [2.24, 2.45) is 16.6 Å². The van der Waals surface area contributed by atoms with E-state index < -0.39 is 0 Å². The molecule has 0 aliphatic carbocycles. The molecule has 0 unspecified atom stereocenters. The molecular formula is C20H24N6O. The number of urea groups is 1. The number of nitrogens with one attached hydrogen (secondary N) is 1. The Morgan fingerprint density at radius 2 is 2.15 bits per heavy atom. The van der Waals surface area contributed by atoms with Gasteiger partial charge in [-0.15, -0.1) is 0 Å². The Bertz CT molecular complexity index is 885. The maximum Gasteiger partial charge on any atom is 0.327 e. The summed E-state index contributed by atoms with van der Waals surface area (Å²) in [6.07, 6.45) is 9.10. The first kappa shape index (κ1) is 17.5. The molecular weight excluding hydrogens is 340 g/mol. The zero-order chi connectivity index (χ0) is 18.6. The first-order valence-corrected chi connectivity index (χ1v) is 9.32. The van der Waals surface area contributed by atoms with E-state index >= 15 is 0 Å². The van der Waals surface area contributed by atoms with Crippen LogP contribution in [0.15, 0.2) is 47.7 Å². The van der Waals surface area contributed by atoms with Crippen molar-refractivity contribution in [2.45, 2.75) is 12.8 Å². The first-order valence-electron chi connectivity index (χ1n) is 9.32. The number of nitrogens with zero attached hydrogens (tertiary/aromatic N) is 4. The minimum atomic E-state index is -0.190. The number of benzene rings is 1. The summed E-state index contributed by atoms with van der Waals surface area (Å²) >= 11 is 0. The van der Waals surface area contributed by atoms with Gasteiger partial charge >= 0.3 is 6.03 Å². The molecule has 0 saturated carbocycles. The molecule has 1 aromatic heterocycles. The summed E-state index contributed by atoms with van der Waals surface area (Å²) in [5, 5.41) is 4.06. The summed E-state index contributed by atoms with van der Waals surface area (Å²) < 4.78 is 0. The van der Waals surface area contributed by atoms with Gasteiger partial charge in [0.25, 0.3) is 0 Å². The summed E-state index contributed by atoms with van der Waals surface area (Å²) in [6.45, 7) is 2.92. The molecule has 0 radical (unpaired) electrons. The first-order chi connectivity index (χ1) is 13.2. The smallest absolute Gasteiger partial charge is 0.327 e. The molecule has 2 aromatic rings. The second-order valence-electron chi connectivity index (χ2n) is 6.95. The van der Waals surface area contributed by atoms with Crippen LogP contribution in [-0.4, -0.2) is 48.4 Å². The molecule has 4 rings (SSSR count). The zero-order valence-corrected chi connectivity index (χ0v) is 15.2. The van der Waals surface area contributed by atoms with E-state index in [-0.39, 0.29) is 6.03 Å². The Hall–Kier alpha value is -2.93. The number of amides is 2. The molecule has 1 saturated heterocycles. The highest BCUT2D eigenvalue weighted by atomic mass is 16.2. The SMILES string of the molecule is NCC1CCN(c2cc3ncccc3cc2NC(=O)N2C=CC=NC2)CC1. The van der Waals surface area contributed by atoms with Gasteiger partial charge in [-0.3, -0.25) is 14.9 Å². The summed E-state index contributed by atoms with van der Waals surface area (Å²) in [4.78, 5) is 25.1. The van der Waals surface area contributed by atoms with Gasteiger partial charge in [0, 0.05) is 37.1 Å². The van der Waals surface area contributed by atoms with Crippen LogP contribution >= 0.6 is 0 Å². The van der Waals surface area contributed by atoms with E-state index in [0.29, 0.717) is 12.6 Å². The molecule has 2 aliphatic heterocycles. The Morgan fingerprint density at radius 3 is 2.89 bits per heavy atom. The van der Waals surface area contributed by atoms with E-state index in [1.165, 1.54) is 0 Å². The quantitative estimate of drug-likeness (QED) is 0.877. The van der Waals surface area contributed by atoms with Crippen LogP contribution in [0.4, 0.5) is 16.2 Å². The van der Waals surface area contributed by atoms with Crippen molar-refractivity contribution >= 4 is 34.5 Å². The molecule has 3 N–H and O–H groups in total. The topological polar surface area (TPSA) is 86.8 Å². The minimum Gasteiger partial charge on any atom is -0.370 e. The van der Waals surface area contributed by atoms with Gasteiger partial charge in [-0.05, 0) is 49.6 Å². The number of rotatable bonds is 3. The van der Waals surface area contributed by atoms with Crippen LogP contribution in [0, 0.1) is 5.92 Å². The Morgan fingerprint density at radius 1 is 1.30 bits per heavy atom. The third-order valence-corrected chi connectivity index (χ3v) is 5.20. The number of pyridine rings is 1. The van der Waals surface area contributed by atoms with Gasteiger partial charge < -0.3 is 16.0 Å². The lowest BCUT2D eigenvalue weighted by atomic mass is 9.96. The zero-order valence-electron chi connectivity index (χ0n) is 15.2. The maximum atomic E-state index is 12.7. The molecule has 2 aliphatic rings. The van der Waals surface area contributed by atoms with Gasteiger partial charge in [0.15, 0.2) is 0 Å². The average Bonchev–Trinajstić information content (AvgIpc) is 2.74. The van der Waals surface area contributed by atoms with Crippen LogP contribution in [0.1, 0.15) is 12.8 Å². The van der Waals surface area contributed by atoms with Crippen LogP contribution in [0.3, 0.4) is 0 Å². The molecule has 3 heterocycles. The molecule has 7 heteroatoms. The molecule has 1 fully saturated rings. The summed E-state index contributed by atoms with van der Waals surface area (Å²) in [5.41, 5.74) is 8.57. The number of hydrogen-bond donors (Lipinski definition) is 2. The summed E-state index contributed by atoms with van der Waals surface area (Å²) in [6, 6.07) is 7.79. The Balaban J connectivity index is 1.64. The Labute approximate surface area is 158 Å². The van der Waals surface area contributed by atoms with Gasteiger partial charge in [0.1, 0.15) is 6.67 Å². The fourth-order valence-corrected chi connectivity index (χ4v) is 3.59. The third kappa shape index (κ3) is 3.78. The van der Waals surface area contributed by atoms with E-state index in [1.54, 1.807) is 29.6 Å². The van der Waals surface area contributed by atoms with Crippen LogP contribution in [0.25, 0.3) is 10.9 Å². The minimum absolute atomic E-state index is 0.190. The van der Waals surface area contributed by atoms with E-state index in [1.807, 2.05) is 18.2 Å². The van der Waals surface area contributed by atoms with E-state index in [4.69, 9.17) is 5.73 Å². The van der Waals surface area contributed by atoms with Crippen LogP contribution < -0.4 is 16.0 Å². The number of aliphatic imine (C=N–C) groups is 1. The van der Waals surface area contributed by atoms with Crippen LogP contribution in [0.5, 0.6) is 0 Å². The summed E-state index contributed by atoms with van der Waals surface area (Å²) in [5.74, 6) is 0.578. The van der Waals surface area contributed by atoms with Crippen molar-refractivity contribution in [2.75, 3.05) is 36.5 Å². The molecule has 7 nitrogen and oxygen atoms in total. The van der Waals surface area contributed by atoms with Crippen molar-refractivity contribution in [3.05, 3.63) is 42.7 Å². The lowest BCUT2D eigenvalue weighted by molar-refractivity contribution is 0.229. The second kappa shape index (κ2) is 7.75. The molecule has 140 valence electrons. The number of nitrogens with two attached hydrogens (primary N) is 1. The maximum absolute atomic E-state index is 12.7. The van der Waals surface area contributed by atoms with Crippen LogP contribution in [0.2, 0.25) is 0 Å². The number of allylic oxidation sites excluding steroid dienone is 1. The Kier molecular flexibility index (Phi) is 5.02. The second-order valence-corrected chi connectivity index (χ2v) is 6.95. The predicted molar refractivity (Wildman–Crippen MR) is 109 cm³/mol. The number of anilines is 2. The average molecular weight is 364 g/mol. The molecule has 0 bridgehead atoms. The highest BCUT2D eigenvalue weighted by molar-refractivity contribution is 5.99. The van der Waals surface area contributed by atoms with Crippen molar-refractivity contribution in [1.29, 1.82) is 0 Å². The lowest BCUT2D eigenvalue weighted by Crippen LogP contribution is -2.37. The van der Waals surface area contributed by atoms with Crippen molar-refractivity contribution in [3.8, 4) is 0 Å². The number of piperidine rings is 1. The standard InChI is InChI=1S/C20H24N6O/c21-13-15-4-9-25(10-5-15)19-12-17-16(3-1-7-23-17)11-18(19)24-20(27)26-8-2-6-22-14-26/h1-3,6-8,11-12,15H,4-5,9-10,13-14,21H2,(H,24,27). The third-order valence-electron chi connectivity index (χ3n) is 5.20. The van der Waals surface area contributed by atoms with Crippen molar-refractivity contribution in [1.82, 2.24) is 9.88 Å². The van der Waals surface area contributed by atoms with Crippen molar-refractivity contribution < 1.29 is 4.79 Å². The molecule has 0 atom stereocenters. The highest BCUT2D eigenvalue weighted by Gasteiger charge is 2.22.